The number of aromatic nitrogens is 1. The van der Waals surface area contributed by atoms with E-state index in [1.54, 1.807) is 19.2 Å². The minimum Gasteiger partial charge on any atom is -0.489 e. The third-order valence-corrected chi connectivity index (χ3v) is 3.66. The summed E-state index contributed by atoms with van der Waals surface area (Å²) in [7, 11) is 0. The molecule has 0 saturated heterocycles. The zero-order valence-electron chi connectivity index (χ0n) is 13.9. The zero-order valence-corrected chi connectivity index (χ0v) is 13.9. The fourth-order valence-corrected chi connectivity index (χ4v) is 2.51. The van der Waals surface area contributed by atoms with E-state index in [0.717, 1.165) is 22.0 Å². The van der Waals surface area contributed by atoms with Gasteiger partial charge in [0.2, 0.25) is 0 Å². The van der Waals surface area contributed by atoms with E-state index >= 15 is 0 Å². The quantitative estimate of drug-likeness (QED) is 0.636. The van der Waals surface area contributed by atoms with Crippen LogP contribution in [-0.4, -0.2) is 17.6 Å². The van der Waals surface area contributed by atoms with E-state index in [9.17, 15) is 9.18 Å². The second-order valence-corrected chi connectivity index (χ2v) is 5.60. The first-order valence-electron chi connectivity index (χ1n) is 8.05. The molecule has 0 aliphatic rings. The third-order valence-electron chi connectivity index (χ3n) is 3.66. The fourth-order valence-electron chi connectivity index (χ4n) is 2.51. The Balaban J connectivity index is 1.71. The summed E-state index contributed by atoms with van der Waals surface area (Å²) in [5.74, 6) is 0.108. The Hall–Kier alpha value is -2.95. The van der Waals surface area contributed by atoms with Gasteiger partial charge >= 0.3 is 5.97 Å². The number of nitrogens with zero attached hydrogens (tertiary/aromatic N) is 1. The smallest absolute Gasteiger partial charge is 0.310 e. The molecule has 0 spiro atoms. The molecule has 0 aliphatic carbocycles. The largest absolute Gasteiger partial charge is 0.489 e. The lowest BCUT2D eigenvalue weighted by Gasteiger charge is -2.08. The standard InChI is InChI=1S/C20H18FNO3/c1-2-24-20(23)10-15-8-16-6-7-18(11-19(16)22-12-15)25-13-14-4-3-5-17(21)9-14/h3-9,11-12H,2,10,13H2,1H3. The first kappa shape index (κ1) is 16.9. The average Bonchev–Trinajstić information content (AvgIpc) is 2.60. The van der Waals surface area contributed by atoms with Crippen LogP contribution in [0.15, 0.2) is 54.7 Å². The van der Waals surface area contributed by atoms with Gasteiger partial charge in [-0.15, -0.1) is 0 Å². The van der Waals surface area contributed by atoms with E-state index in [2.05, 4.69) is 4.98 Å². The molecule has 0 N–H and O–H groups in total. The summed E-state index contributed by atoms with van der Waals surface area (Å²) < 4.78 is 23.8. The lowest BCUT2D eigenvalue weighted by Crippen LogP contribution is -2.07. The van der Waals surface area contributed by atoms with E-state index in [1.165, 1.54) is 12.1 Å². The molecule has 0 radical (unpaired) electrons. The summed E-state index contributed by atoms with van der Waals surface area (Å²) in [5, 5.41) is 0.917. The molecule has 3 rings (SSSR count). The molecule has 2 aromatic carbocycles. The highest BCUT2D eigenvalue weighted by Gasteiger charge is 2.06. The Morgan fingerprint density at radius 1 is 1.12 bits per heavy atom. The Labute approximate surface area is 145 Å². The molecular weight excluding hydrogens is 321 g/mol. The van der Waals surface area contributed by atoms with Gasteiger partial charge in [0.05, 0.1) is 18.5 Å². The number of carbonyl (C=O) groups excluding carboxylic acids is 1. The molecule has 0 atom stereocenters. The molecule has 3 aromatic rings. The van der Waals surface area contributed by atoms with E-state index in [0.29, 0.717) is 12.4 Å². The molecule has 0 fully saturated rings. The molecule has 128 valence electrons. The summed E-state index contributed by atoms with van der Waals surface area (Å²) in [6, 6.07) is 13.8. The second kappa shape index (κ2) is 7.75. The van der Waals surface area contributed by atoms with Crippen molar-refractivity contribution in [2.75, 3.05) is 6.61 Å². The second-order valence-electron chi connectivity index (χ2n) is 5.60. The number of rotatable bonds is 6. The van der Waals surface area contributed by atoms with Crippen LogP contribution < -0.4 is 4.74 Å². The van der Waals surface area contributed by atoms with Crippen molar-refractivity contribution in [3.05, 3.63) is 71.7 Å². The van der Waals surface area contributed by atoms with Crippen LogP contribution in [0.5, 0.6) is 5.75 Å². The molecule has 0 aliphatic heterocycles. The highest BCUT2D eigenvalue weighted by molar-refractivity contribution is 5.82. The molecule has 0 bridgehead atoms. The maximum absolute atomic E-state index is 13.2. The van der Waals surface area contributed by atoms with Crippen LogP contribution in [-0.2, 0) is 22.6 Å². The summed E-state index contributed by atoms with van der Waals surface area (Å²) in [6.45, 7) is 2.43. The van der Waals surface area contributed by atoms with Crippen LogP contribution in [0.3, 0.4) is 0 Å². The number of hydrogen-bond donors (Lipinski definition) is 0. The van der Waals surface area contributed by atoms with Crippen LogP contribution in [0.1, 0.15) is 18.1 Å². The van der Waals surface area contributed by atoms with Crippen LogP contribution in [0.2, 0.25) is 0 Å². The number of ether oxygens (including phenoxy) is 2. The van der Waals surface area contributed by atoms with Gasteiger partial charge in [-0.2, -0.15) is 0 Å². The lowest BCUT2D eigenvalue weighted by molar-refractivity contribution is -0.142. The molecule has 0 unspecified atom stereocenters. The maximum atomic E-state index is 13.2. The number of halogens is 1. The van der Waals surface area contributed by atoms with Gasteiger partial charge in [0.15, 0.2) is 0 Å². The zero-order chi connectivity index (χ0) is 17.6. The van der Waals surface area contributed by atoms with Gasteiger partial charge in [0.1, 0.15) is 18.2 Å². The van der Waals surface area contributed by atoms with Crippen LogP contribution in [0.4, 0.5) is 4.39 Å². The number of esters is 1. The molecule has 5 heteroatoms. The summed E-state index contributed by atoms with van der Waals surface area (Å²) >= 11 is 0. The van der Waals surface area contributed by atoms with Crippen molar-refractivity contribution in [3.8, 4) is 5.75 Å². The average molecular weight is 339 g/mol. The SMILES string of the molecule is CCOC(=O)Cc1cnc2cc(OCc3cccc(F)c3)ccc2c1. The first-order chi connectivity index (χ1) is 12.1. The Bertz CT molecular complexity index is 895. The van der Waals surface area contributed by atoms with Crippen LogP contribution >= 0.6 is 0 Å². The molecule has 4 nitrogen and oxygen atoms in total. The molecule has 25 heavy (non-hydrogen) atoms. The molecule has 1 aromatic heterocycles. The minimum absolute atomic E-state index is 0.203. The number of pyridine rings is 1. The van der Waals surface area contributed by atoms with E-state index < -0.39 is 0 Å². The highest BCUT2D eigenvalue weighted by Crippen LogP contribution is 2.21. The van der Waals surface area contributed by atoms with Gasteiger partial charge in [-0.25, -0.2) is 4.39 Å². The van der Waals surface area contributed by atoms with Gasteiger partial charge in [-0.3, -0.25) is 9.78 Å². The number of carbonyl (C=O) groups is 1. The Kier molecular flexibility index (Phi) is 5.23. The van der Waals surface area contributed by atoms with Gasteiger partial charge in [0, 0.05) is 17.6 Å². The third kappa shape index (κ3) is 4.53. The van der Waals surface area contributed by atoms with Crippen molar-refractivity contribution in [1.82, 2.24) is 4.98 Å². The molecule has 1 heterocycles. The van der Waals surface area contributed by atoms with Gasteiger partial charge < -0.3 is 9.47 Å². The minimum atomic E-state index is -0.282. The van der Waals surface area contributed by atoms with Crippen molar-refractivity contribution in [3.63, 3.8) is 0 Å². The predicted octanol–water partition coefficient (Wildman–Crippen LogP) is 4.06. The summed E-state index contributed by atoms with van der Waals surface area (Å²) in [4.78, 5) is 15.9. The topological polar surface area (TPSA) is 48.4 Å². The molecule has 0 saturated carbocycles. The van der Waals surface area contributed by atoms with Crippen molar-refractivity contribution >= 4 is 16.9 Å². The van der Waals surface area contributed by atoms with Crippen molar-refractivity contribution in [1.29, 1.82) is 0 Å². The Morgan fingerprint density at radius 2 is 2.00 bits per heavy atom. The Morgan fingerprint density at radius 3 is 2.80 bits per heavy atom. The van der Waals surface area contributed by atoms with Crippen molar-refractivity contribution in [2.24, 2.45) is 0 Å². The van der Waals surface area contributed by atoms with E-state index in [1.807, 2.05) is 30.3 Å². The van der Waals surface area contributed by atoms with E-state index in [4.69, 9.17) is 9.47 Å². The van der Waals surface area contributed by atoms with Crippen LogP contribution in [0, 0.1) is 5.82 Å². The number of benzene rings is 2. The van der Waals surface area contributed by atoms with Crippen molar-refractivity contribution < 1.29 is 18.7 Å². The van der Waals surface area contributed by atoms with Gasteiger partial charge in [0.25, 0.3) is 0 Å². The lowest BCUT2D eigenvalue weighted by atomic mass is 10.1. The molecular formula is C20H18FNO3. The maximum Gasteiger partial charge on any atom is 0.310 e. The van der Waals surface area contributed by atoms with Gasteiger partial charge in [-0.05, 0) is 48.4 Å². The fraction of sp³-hybridized carbons (Fsp3) is 0.200. The van der Waals surface area contributed by atoms with E-state index in [-0.39, 0.29) is 24.8 Å². The number of fused-ring (bicyclic) bond motifs is 1. The van der Waals surface area contributed by atoms with Gasteiger partial charge in [-0.1, -0.05) is 12.1 Å². The normalized spacial score (nSPS) is 10.6. The first-order valence-corrected chi connectivity index (χ1v) is 8.05. The van der Waals surface area contributed by atoms with Crippen LogP contribution in [0.25, 0.3) is 10.9 Å². The highest BCUT2D eigenvalue weighted by atomic mass is 19.1. The number of hydrogen-bond acceptors (Lipinski definition) is 4. The monoisotopic (exact) mass is 339 g/mol. The summed E-state index contributed by atoms with van der Waals surface area (Å²) in [5.41, 5.74) is 2.33. The molecule has 0 amide bonds. The predicted molar refractivity (Wildman–Crippen MR) is 92.8 cm³/mol. The van der Waals surface area contributed by atoms with Crippen molar-refractivity contribution in [2.45, 2.75) is 20.0 Å². The summed E-state index contributed by atoms with van der Waals surface area (Å²) in [6.07, 6.45) is 1.87.